The molecule has 0 spiro atoms. The molecule has 0 bridgehead atoms. The Kier molecular flexibility index (Phi) is 4.52. The maximum Gasteiger partial charge on any atom is 0.360 e. The quantitative estimate of drug-likeness (QED) is 0.836. The third-order valence-corrected chi connectivity index (χ3v) is 3.66. The number of carbonyl (C=O) groups is 1. The van der Waals surface area contributed by atoms with Crippen LogP contribution in [0.4, 0.5) is 0 Å². The molecule has 0 saturated heterocycles. The first-order valence-electron chi connectivity index (χ1n) is 6.89. The average molecular weight is 267 g/mol. The van der Waals surface area contributed by atoms with E-state index < -0.39 is 12.1 Å². The second kappa shape index (κ2) is 6.14. The number of methoxy groups -OCH3 is 1. The minimum atomic E-state index is -0.458. The molecule has 1 aromatic rings. The number of nitrogens with zero attached hydrogens (tertiary/aromatic N) is 3. The van der Waals surface area contributed by atoms with Crippen LogP contribution in [0.3, 0.4) is 0 Å². The highest BCUT2D eigenvalue weighted by atomic mass is 16.5. The first-order valence-corrected chi connectivity index (χ1v) is 6.89. The number of aliphatic hydroxyl groups excluding tert-OH is 1. The molecule has 0 aliphatic heterocycles. The van der Waals surface area contributed by atoms with Crippen molar-refractivity contribution < 1.29 is 14.6 Å². The molecule has 1 aliphatic carbocycles. The number of aliphatic hydroxyl groups is 1. The van der Waals surface area contributed by atoms with Gasteiger partial charge in [0.25, 0.3) is 0 Å². The van der Waals surface area contributed by atoms with Crippen molar-refractivity contribution in [1.82, 2.24) is 15.0 Å². The van der Waals surface area contributed by atoms with Gasteiger partial charge in [-0.05, 0) is 19.3 Å². The average Bonchev–Trinajstić information content (AvgIpc) is 2.82. The highest BCUT2D eigenvalue weighted by Gasteiger charge is 2.30. The molecule has 0 amide bonds. The van der Waals surface area contributed by atoms with E-state index >= 15 is 0 Å². The van der Waals surface area contributed by atoms with Crippen LogP contribution in [0, 0.1) is 0 Å². The Bertz CT molecular complexity index is 444. The second-order valence-electron chi connectivity index (χ2n) is 4.99. The lowest BCUT2D eigenvalue weighted by Crippen LogP contribution is -2.29. The van der Waals surface area contributed by atoms with Crippen LogP contribution >= 0.6 is 0 Å². The molecular weight excluding hydrogens is 246 g/mol. The number of esters is 1. The lowest BCUT2D eigenvalue weighted by Gasteiger charge is -2.28. The Labute approximate surface area is 112 Å². The zero-order chi connectivity index (χ0) is 13.8. The number of carbonyl (C=O) groups excluding carboxylic acids is 1. The van der Waals surface area contributed by atoms with Gasteiger partial charge in [0.2, 0.25) is 0 Å². The van der Waals surface area contributed by atoms with Crippen molar-refractivity contribution in [3.63, 3.8) is 0 Å². The molecule has 2 rings (SSSR count). The Morgan fingerprint density at radius 2 is 2.21 bits per heavy atom. The molecule has 2 atom stereocenters. The molecule has 6 heteroatoms. The molecule has 1 heterocycles. The fraction of sp³-hybridized carbons (Fsp3) is 0.769. The minimum Gasteiger partial charge on any atom is -0.464 e. The van der Waals surface area contributed by atoms with Gasteiger partial charge >= 0.3 is 5.97 Å². The number of aromatic nitrogens is 3. The van der Waals surface area contributed by atoms with E-state index in [9.17, 15) is 9.90 Å². The van der Waals surface area contributed by atoms with Gasteiger partial charge in [-0.25, -0.2) is 9.48 Å². The lowest BCUT2D eigenvalue weighted by atomic mass is 9.92. The Morgan fingerprint density at radius 1 is 1.47 bits per heavy atom. The molecular formula is C13H21N3O3. The highest BCUT2D eigenvalue weighted by molar-refractivity contribution is 5.88. The number of hydrogen-bond donors (Lipinski definition) is 1. The highest BCUT2D eigenvalue weighted by Crippen LogP contribution is 2.30. The van der Waals surface area contributed by atoms with Gasteiger partial charge in [-0.3, -0.25) is 0 Å². The third kappa shape index (κ3) is 2.78. The van der Waals surface area contributed by atoms with Crippen molar-refractivity contribution in [3.8, 4) is 0 Å². The number of rotatable bonds is 4. The van der Waals surface area contributed by atoms with Gasteiger partial charge in [-0.2, -0.15) is 0 Å². The summed E-state index contributed by atoms with van der Waals surface area (Å²) >= 11 is 0. The van der Waals surface area contributed by atoms with E-state index in [-0.39, 0.29) is 11.7 Å². The van der Waals surface area contributed by atoms with Crippen molar-refractivity contribution in [2.45, 2.75) is 57.6 Å². The molecule has 1 aliphatic rings. The van der Waals surface area contributed by atoms with Crippen molar-refractivity contribution in [3.05, 3.63) is 11.4 Å². The fourth-order valence-corrected chi connectivity index (χ4v) is 2.68. The van der Waals surface area contributed by atoms with Gasteiger partial charge in [0.15, 0.2) is 5.69 Å². The van der Waals surface area contributed by atoms with Crippen LogP contribution in [0.15, 0.2) is 0 Å². The van der Waals surface area contributed by atoms with Crippen LogP contribution < -0.4 is 0 Å². The van der Waals surface area contributed by atoms with E-state index in [1.54, 1.807) is 4.68 Å². The van der Waals surface area contributed by atoms with E-state index in [4.69, 9.17) is 4.74 Å². The molecule has 0 radical (unpaired) electrons. The summed E-state index contributed by atoms with van der Waals surface area (Å²) in [5.74, 6) is -0.458. The maximum absolute atomic E-state index is 11.7. The van der Waals surface area contributed by atoms with Crippen LogP contribution in [0.5, 0.6) is 0 Å². The molecule has 1 saturated carbocycles. The van der Waals surface area contributed by atoms with Crippen molar-refractivity contribution in [1.29, 1.82) is 0 Å². The zero-order valence-electron chi connectivity index (χ0n) is 11.5. The van der Waals surface area contributed by atoms with Gasteiger partial charge < -0.3 is 9.84 Å². The standard InChI is InChI=1S/C13H21N3O3/c1-3-6-10-12(13(18)19-2)14-15-16(10)9-7-4-5-8-11(9)17/h9,11,17H,3-8H2,1-2H3. The second-order valence-corrected chi connectivity index (χ2v) is 4.99. The summed E-state index contributed by atoms with van der Waals surface area (Å²) in [6, 6.07) is -0.0683. The monoisotopic (exact) mass is 267 g/mol. The Morgan fingerprint density at radius 3 is 2.84 bits per heavy atom. The molecule has 0 aromatic carbocycles. The van der Waals surface area contributed by atoms with E-state index in [1.807, 2.05) is 6.92 Å². The van der Waals surface area contributed by atoms with Crippen molar-refractivity contribution in [2.75, 3.05) is 7.11 Å². The first kappa shape index (κ1) is 14.0. The van der Waals surface area contributed by atoms with E-state index in [2.05, 4.69) is 10.3 Å². The molecule has 1 fully saturated rings. The Hall–Kier alpha value is -1.43. The van der Waals surface area contributed by atoms with E-state index in [1.165, 1.54) is 7.11 Å². The summed E-state index contributed by atoms with van der Waals surface area (Å²) in [6.45, 7) is 2.04. The molecule has 19 heavy (non-hydrogen) atoms. The summed E-state index contributed by atoms with van der Waals surface area (Å²) in [5.41, 5.74) is 1.06. The van der Waals surface area contributed by atoms with E-state index in [0.717, 1.165) is 37.8 Å². The van der Waals surface area contributed by atoms with Crippen LogP contribution in [-0.2, 0) is 11.2 Å². The SMILES string of the molecule is CCCc1c(C(=O)OC)nnn1C1CCCCC1O. The predicted molar refractivity (Wildman–Crippen MR) is 68.9 cm³/mol. The largest absolute Gasteiger partial charge is 0.464 e. The molecule has 106 valence electrons. The van der Waals surface area contributed by atoms with Crippen LogP contribution in [0.1, 0.15) is 61.3 Å². The molecule has 1 aromatic heterocycles. The van der Waals surface area contributed by atoms with Crippen LogP contribution in [0.25, 0.3) is 0 Å². The summed E-state index contributed by atoms with van der Waals surface area (Å²) in [6.07, 6.45) is 4.96. The summed E-state index contributed by atoms with van der Waals surface area (Å²) in [4.78, 5) is 11.7. The maximum atomic E-state index is 11.7. The van der Waals surface area contributed by atoms with Crippen LogP contribution in [0.2, 0.25) is 0 Å². The normalized spacial score (nSPS) is 23.3. The molecule has 6 nitrogen and oxygen atoms in total. The summed E-state index contributed by atoms with van der Waals surface area (Å²) in [5, 5.41) is 18.1. The lowest BCUT2D eigenvalue weighted by molar-refractivity contribution is 0.0588. The van der Waals surface area contributed by atoms with Crippen LogP contribution in [-0.4, -0.2) is 39.3 Å². The fourth-order valence-electron chi connectivity index (χ4n) is 2.68. The minimum absolute atomic E-state index is 0.0683. The summed E-state index contributed by atoms with van der Waals surface area (Å²) < 4.78 is 6.47. The van der Waals surface area contributed by atoms with Gasteiger partial charge in [-0.1, -0.05) is 31.4 Å². The molecule has 1 N–H and O–H groups in total. The van der Waals surface area contributed by atoms with Crippen molar-refractivity contribution >= 4 is 5.97 Å². The predicted octanol–water partition coefficient (Wildman–Crippen LogP) is 1.49. The zero-order valence-corrected chi connectivity index (χ0v) is 11.5. The number of ether oxygens (including phenoxy) is 1. The van der Waals surface area contributed by atoms with Gasteiger partial charge in [0.1, 0.15) is 0 Å². The van der Waals surface area contributed by atoms with Gasteiger partial charge in [-0.15, -0.1) is 5.10 Å². The van der Waals surface area contributed by atoms with Gasteiger partial charge in [0.05, 0.1) is 24.9 Å². The van der Waals surface area contributed by atoms with Crippen molar-refractivity contribution in [2.24, 2.45) is 0 Å². The first-order chi connectivity index (χ1) is 9.19. The summed E-state index contributed by atoms with van der Waals surface area (Å²) in [7, 11) is 1.34. The van der Waals surface area contributed by atoms with E-state index in [0.29, 0.717) is 6.42 Å². The van der Waals surface area contributed by atoms with Gasteiger partial charge in [0, 0.05) is 0 Å². The number of hydrogen-bond acceptors (Lipinski definition) is 5. The smallest absolute Gasteiger partial charge is 0.360 e. The third-order valence-electron chi connectivity index (χ3n) is 3.66. The Balaban J connectivity index is 2.33. The topological polar surface area (TPSA) is 77.2 Å². The molecule has 2 unspecified atom stereocenters.